The lowest BCUT2D eigenvalue weighted by atomic mass is 10.0. The molecule has 1 aromatic heterocycles. The molecule has 1 atom stereocenters. The number of aromatic nitrogens is 2. The molecule has 0 aliphatic heterocycles. The van der Waals surface area contributed by atoms with Crippen LogP contribution in [0.4, 0.5) is 0 Å². The Morgan fingerprint density at radius 3 is 2.75 bits per heavy atom. The minimum Gasteiger partial charge on any atom is -0.370 e. The Morgan fingerprint density at radius 2 is 2.20 bits per heavy atom. The van der Waals surface area contributed by atoms with Crippen molar-refractivity contribution in [2.24, 2.45) is 0 Å². The second kappa shape index (κ2) is 5.43. The summed E-state index contributed by atoms with van der Waals surface area (Å²) in [5.74, 6) is 0.972. The standard InChI is InChI=1S/C15H17N3O2/c1-5-15(3,19-4)14-17-13(20-18-14)12-7-6-11(9-16)8-10(12)2/h6-8H,5H2,1-4H3. The van der Waals surface area contributed by atoms with Crippen molar-refractivity contribution in [2.45, 2.75) is 32.8 Å². The normalized spacial score (nSPS) is 13.8. The van der Waals surface area contributed by atoms with Gasteiger partial charge in [0.1, 0.15) is 5.60 Å². The number of hydrogen-bond acceptors (Lipinski definition) is 5. The Labute approximate surface area is 118 Å². The molecule has 1 aromatic carbocycles. The lowest BCUT2D eigenvalue weighted by Crippen LogP contribution is -2.24. The quantitative estimate of drug-likeness (QED) is 0.853. The summed E-state index contributed by atoms with van der Waals surface area (Å²) >= 11 is 0. The summed E-state index contributed by atoms with van der Waals surface area (Å²) in [6.45, 7) is 5.84. The zero-order valence-corrected chi connectivity index (χ0v) is 12.1. The average Bonchev–Trinajstić information content (AvgIpc) is 2.96. The second-order valence-electron chi connectivity index (χ2n) is 4.85. The van der Waals surface area contributed by atoms with Gasteiger partial charge in [0.15, 0.2) is 0 Å². The van der Waals surface area contributed by atoms with Gasteiger partial charge in [0, 0.05) is 12.7 Å². The fourth-order valence-corrected chi connectivity index (χ4v) is 1.91. The van der Waals surface area contributed by atoms with Crippen molar-refractivity contribution in [3.63, 3.8) is 0 Å². The fraction of sp³-hybridized carbons (Fsp3) is 0.400. The maximum absolute atomic E-state index is 8.88. The number of hydrogen-bond donors (Lipinski definition) is 0. The zero-order valence-electron chi connectivity index (χ0n) is 12.1. The van der Waals surface area contributed by atoms with Gasteiger partial charge in [-0.05, 0) is 44.0 Å². The van der Waals surface area contributed by atoms with Crippen molar-refractivity contribution < 1.29 is 9.26 Å². The molecule has 5 nitrogen and oxygen atoms in total. The second-order valence-corrected chi connectivity index (χ2v) is 4.85. The molecule has 0 aliphatic carbocycles. The number of ether oxygens (including phenoxy) is 1. The molecule has 0 amide bonds. The summed E-state index contributed by atoms with van der Waals surface area (Å²) in [5, 5.41) is 12.9. The molecule has 0 spiro atoms. The van der Waals surface area contributed by atoms with Gasteiger partial charge in [0.05, 0.1) is 11.6 Å². The lowest BCUT2D eigenvalue weighted by molar-refractivity contribution is -0.0106. The molecule has 0 aliphatic rings. The van der Waals surface area contributed by atoms with Crippen LogP contribution < -0.4 is 0 Å². The molecule has 0 radical (unpaired) electrons. The predicted octanol–water partition coefficient (Wildman–Crippen LogP) is 3.19. The minimum atomic E-state index is -0.553. The van der Waals surface area contributed by atoms with Crippen LogP contribution in [-0.4, -0.2) is 17.3 Å². The highest BCUT2D eigenvalue weighted by Gasteiger charge is 2.30. The van der Waals surface area contributed by atoms with Gasteiger partial charge in [0.2, 0.25) is 5.82 Å². The number of rotatable bonds is 4. The van der Waals surface area contributed by atoms with Crippen molar-refractivity contribution in [2.75, 3.05) is 7.11 Å². The maximum atomic E-state index is 8.88. The van der Waals surface area contributed by atoms with E-state index in [9.17, 15) is 0 Å². The summed E-state index contributed by atoms with van der Waals surface area (Å²) in [7, 11) is 1.63. The lowest BCUT2D eigenvalue weighted by Gasteiger charge is -2.21. The summed E-state index contributed by atoms with van der Waals surface area (Å²) in [5.41, 5.74) is 1.82. The largest absolute Gasteiger partial charge is 0.370 e. The van der Waals surface area contributed by atoms with Crippen LogP contribution in [-0.2, 0) is 10.3 Å². The third-order valence-corrected chi connectivity index (χ3v) is 3.61. The van der Waals surface area contributed by atoms with Crippen LogP contribution in [0, 0.1) is 18.3 Å². The molecule has 2 aromatic rings. The van der Waals surface area contributed by atoms with Crippen LogP contribution in [0.2, 0.25) is 0 Å². The van der Waals surface area contributed by atoms with Gasteiger partial charge in [-0.2, -0.15) is 10.2 Å². The van der Waals surface area contributed by atoms with Crippen LogP contribution in [0.1, 0.15) is 37.2 Å². The number of nitriles is 1. The van der Waals surface area contributed by atoms with E-state index in [1.807, 2.05) is 26.8 Å². The monoisotopic (exact) mass is 271 g/mol. The van der Waals surface area contributed by atoms with Crippen molar-refractivity contribution in [3.05, 3.63) is 35.2 Å². The molecule has 104 valence electrons. The number of nitrogens with zero attached hydrogens (tertiary/aromatic N) is 3. The molecule has 0 bridgehead atoms. The SMILES string of the molecule is CCC(C)(OC)c1noc(-c2ccc(C#N)cc2C)n1. The molecular weight excluding hydrogens is 254 g/mol. The van der Waals surface area contributed by atoms with Gasteiger partial charge in [-0.15, -0.1) is 0 Å². The van der Waals surface area contributed by atoms with E-state index in [2.05, 4.69) is 16.2 Å². The molecule has 0 fully saturated rings. The van der Waals surface area contributed by atoms with E-state index in [-0.39, 0.29) is 0 Å². The maximum Gasteiger partial charge on any atom is 0.258 e. The zero-order chi connectivity index (χ0) is 14.8. The highest BCUT2D eigenvalue weighted by molar-refractivity contribution is 5.60. The van der Waals surface area contributed by atoms with Crippen molar-refractivity contribution in [1.82, 2.24) is 10.1 Å². The van der Waals surface area contributed by atoms with Crippen molar-refractivity contribution in [3.8, 4) is 17.5 Å². The van der Waals surface area contributed by atoms with Crippen LogP contribution in [0.3, 0.4) is 0 Å². The minimum absolute atomic E-state index is 0.443. The van der Waals surface area contributed by atoms with E-state index < -0.39 is 5.60 Å². The molecule has 1 heterocycles. The Morgan fingerprint density at radius 1 is 1.45 bits per heavy atom. The number of methoxy groups -OCH3 is 1. The van der Waals surface area contributed by atoms with E-state index in [1.54, 1.807) is 19.2 Å². The van der Waals surface area contributed by atoms with Gasteiger partial charge in [-0.25, -0.2) is 0 Å². The first-order chi connectivity index (χ1) is 9.54. The number of benzene rings is 1. The fourth-order valence-electron chi connectivity index (χ4n) is 1.91. The number of aryl methyl sites for hydroxylation is 1. The van der Waals surface area contributed by atoms with Gasteiger partial charge < -0.3 is 9.26 Å². The van der Waals surface area contributed by atoms with E-state index in [0.717, 1.165) is 17.5 Å². The molecule has 5 heteroatoms. The molecular formula is C15H17N3O2. The van der Waals surface area contributed by atoms with E-state index in [0.29, 0.717) is 17.3 Å². The van der Waals surface area contributed by atoms with E-state index >= 15 is 0 Å². The topological polar surface area (TPSA) is 71.9 Å². The molecule has 20 heavy (non-hydrogen) atoms. The Balaban J connectivity index is 2.41. The van der Waals surface area contributed by atoms with Crippen LogP contribution in [0.25, 0.3) is 11.5 Å². The molecule has 0 saturated carbocycles. The molecule has 0 saturated heterocycles. The Kier molecular flexibility index (Phi) is 3.86. The first-order valence-electron chi connectivity index (χ1n) is 6.44. The molecule has 0 N–H and O–H groups in total. The van der Waals surface area contributed by atoms with Gasteiger partial charge >= 0.3 is 0 Å². The van der Waals surface area contributed by atoms with Gasteiger partial charge in [-0.1, -0.05) is 12.1 Å². The highest BCUT2D eigenvalue weighted by atomic mass is 16.5. The first kappa shape index (κ1) is 14.2. The van der Waals surface area contributed by atoms with E-state index in [4.69, 9.17) is 14.5 Å². The predicted molar refractivity (Wildman–Crippen MR) is 73.8 cm³/mol. The first-order valence-corrected chi connectivity index (χ1v) is 6.44. The summed E-state index contributed by atoms with van der Waals surface area (Å²) in [4.78, 5) is 4.42. The highest BCUT2D eigenvalue weighted by Crippen LogP contribution is 2.29. The molecule has 2 rings (SSSR count). The van der Waals surface area contributed by atoms with Crippen LogP contribution >= 0.6 is 0 Å². The Bertz CT molecular complexity index is 651. The van der Waals surface area contributed by atoms with Crippen LogP contribution in [0.15, 0.2) is 22.7 Å². The third-order valence-electron chi connectivity index (χ3n) is 3.61. The third kappa shape index (κ3) is 2.43. The van der Waals surface area contributed by atoms with E-state index in [1.165, 1.54) is 0 Å². The summed E-state index contributed by atoms with van der Waals surface area (Å²) < 4.78 is 10.8. The van der Waals surface area contributed by atoms with Gasteiger partial charge in [-0.3, -0.25) is 0 Å². The molecule has 1 unspecified atom stereocenters. The Hall–Kier alpha value is -2.19. The van der Waals surface area contributed by atoms with Crippen LogP contribution in [0.5, 0.6) is 0 Å². The summed E-state index contributed by atoms with van der Waals surface area (Å²) in [6, 6.07) is 7.47. The van der Waals surface area contributed by atoms with Crippen molar-refractivity contribution in [1.29, 1.82) is 5.26 Å². The van der Waals surface area contributed by atoms with Crippen molar-refractivity contribution >= 4 is 0 Å². The average molecular weight is 271 g/mol. The summed E-state index contributed by atoms with van der Waals surface area (Å²) in [6.07, 6.45) is 0.745. The smallest absolute Gasteiger partial charge is 0.258 e. The van der Waals surface area contributed by atoms with Gasteiger partial charge in [0.25, 0.3) is 5.89 Å².